The quantitative estimate of drug-likeness (QED) is 0.345. The number of thiophene rings is 1. The molecule has 1 aliphatic heterocycles. The molecular formula is C23H26N6O3S2. The number of hydrogen-bond acceptors (Lipinski definition) is 8. The standard InChI is InChI=1S/C23H26N6O3S2/c1-16-18-14-19(34-22(18)29(26-16)17-6-4-3-5-7-17)21-24-25-23(28(21)10-11-31-2)33-15-20(30)27-8-12-32-13-9-27/h3-7,14H,8-13,15H2,1-2H3. The fraction of sp³-hybridized carbons (Fsp3) is 0.391. The van der Waals surface area contributed by atoms with Crippen molar-refractivity contribution in [3.05, 3.63) is 42.1 Å². The van der Waals surface area contributed by atoms with Crippen molar-refractivity contribution in [2.24, 2.45) is 0 Å². The summed E-state index contributed by atoms with van der Waals surface area (Å²) < 4.78 is 14.7. The van der Waals surface area contributed by atoms with Crippen molar-refractivity contribution in [3.63, 3.8) is 0 Å². The maximum Gasteiger partial charge on any atom is 0.233 e. The molecule has 1 saturated heterocycles. The second-order valence-corrected chi connectivity index (χ2v) is 9.87. The van der Waals surface area contributed by atoms with E-state index in [9.17, 15) is 4.79 Å². The minimum absolute atomic E-state index is 0.0941. The Morgan fingerprint density at radius 3 is 2.76 bits per heavy atom. The number of fused-ring (bicyclic) bond motifs is 1. The summed E-state index contributed by atoms with van der Waals surface area (Å²) in [4.78, 5) is 16.5. The molecule has 1 amide bonds. The molecule has 34 heavy (non-hydrogen) atoms. The number of para-hydroxylation sites is 1. The SMILES string of the molecule is COCCn1c(SCC(=O)N2CCOCC2)nnc1-c1cc2c(C)nn(-c3ccccc3)c2s1. The summed E-state index contributed by atoms with van der Waals surface area (Å²) in [6.45, 7) is 5.61. The van der Waals surface area contributed by atoms with Gasteiger partial charge in [-0.25, -0.2) is 4.68 Å². The van der Waals surface area contributed by atoms with E-state index < -0.39 is 0 Å². The second kappa shape index (κ2) is 10.3. The van der Waals surface area contributed by atoms with E-state index in [-0.39, 0.29) is 5.91 Å². The lowest BCUT2D eigenvalue weighted by Gasteiger charge is -2.26. The van der Waals surface area contributed by atoms with Crippen LogP contribution in [0.5, 0.6) is 0 Å². The zero-order valence-corrected chi connectivity index (χ0v) is 20.8. The van der Waals surface area contributed by atoms with Crippen LogP contribution in [0.3, 0.4) is 0 Å². The van der Waals surface area contributed by atoms with Crippen LogP contribution in [-0.4, -0.2) is 81.1 Å². The second-order valence-electron chi connectivity index (χ2n) is 7.89. The molecule has 5 rings (SSSR count). The Labute approximate surface area is 205 Å². The minimum Gasteiger partial charge on any atom is -0.383 e. The molecule has 0 bridgehead atoms. The number of aryl methyl sites for hydroxylation is 1. The molecule has 178 valence electrons. The van der Waals surface area contributed by atoms with Gasteiger partial charge in [0.1, 0.15) is 4.83 Å². The molecule has 11 heteroatoms. The Hall–Kier alpha value is -2.73. The van der Waals surface area contributed by atoms with E-state index in [1.807, 2.05) is 51.4 Å². The summed E-state index contributed by atoms with van der Waals surface area (Å²) in [5, 5.41) is 15.5. The van der Waals surface area contributed by atoms with Crippen LogP contribution in [0.15, 0.2) is 41.6 Å². The van der Waals surface area contributed by atoms with Crippen LogP contribution in [0.2, 0.25) is 0 Å². The van der Waals surface area contributed by atoms with Crippen molar-refractivity contribution in [1.29, 1.82) is 0 Å². The zero-order chi connectivity index (χ0) is 23.5. The molecule has 4 heterocycles. The van der Waals surface area contributed by atoms with E-state index in [0.29, 0.717) is 50.4 Å². The lowest BCUT2D eigenvalue weighted by molar-refractivity contribution is -0.132. The van der Waals surface area contributed by atoms with E-state index in [1.54, 1.807) is 18.4 Å². The van der Waals surface area contributed by atoms with Crippen LogP contribution in [0.25, 0.3) is 26.6 Å². The summed E-state index contributed by atoms with van der Waals surface area (Å²) in [5.74, 6) is 1.19. The van der Waals surface area contributed by atoms with E-state index in [4.69, 9.17) is 14.6 Å². The van der Waals surface area contributed by atoms with E-state index in [0.717, 1.165) is 32.3 Å². The highest BCUT2D eigenvalue weighted by molar-refractivity contribution is 7.99. The Morgan fingerprint density at radius 1 is 1.21 bits per heavy atom. The number of nitrogens with zero attached hydrogens (tertiary/aromatic N) is 6. The lowest BCUT2D eigenvalue weighted by Crippen LogP contribution is -2.41. The largest absolute Gasteiger partial charge is 0.383 e. The first-order valence-corrected chi connectivity index (χ1v) is 12.9. The summed E-state index contributed by atoms with van der Waals surface area (Å²) in [5.41, 5.74) is 1.99. The smallest absolute Gasteiger partial charge is 0.233 e. The average Bonchev–Trinajstić information content (AvgIpc) is 3.56. The number of carbonyl (C=O) groups is 1. The van der Waals surface area contributed by atoms with E-state index >= 15 is 0 Å². The highest BCUT2D eigenvalue weighted by atomic mass is 32.2. The number of aromatic nitrogens is 5. The molecule has 9 nitrogen and oxygen atoms in total. The van der Waals surface area contributed by atoms with Crippen LogP contribution in [0.4, 0.5) is 0 Å². The number of amides is 1. The molecule has 1 fully saturated rings. The molecule has 0 radical (unpaired) electrons. The molecule has 4 aromatic rings. The first-order chi connectivity index (χ1) is 16.7. The van der Waals surface area contributed by atoms with Gasteiger partial charge in [-0.05, 0) is 25.1 Å². The van der Waals surface area contributed by atoms with Crippen molar-refractivity contribution in [1.82, 2.24) is 29.4 Å². The fourth-order valence-corrected chi connectivity index (χ4v) is 5.94. The molecule has 3 aromatic heterocycles. The molecule has 1 aliphatic rings. The number of benzene rings is 1. The third kappa shape index (κ3) is 4.61. The lowest BCUT2D eigenvalue weighted by atomic mass is 10.3. The normalized spacial score (nSPS) is 14.2. The zero-order valence-electron chi connectivity index (χ0n) is 19.1. The van der Waals surface area contributed by atoms with Crippen molar-refractivity contribution in [3.8, 4) is 16.4 Å². The Bertz CT molecular complexity index is 1280. The van der Waals surface area contributed by atoms with E-state index in [2.05, 4.69) is 16.3 Å². The highest BCUT2D eigenvalue weighted by Crippen LogP contribution is 2.36. The molecule has 0 N–H and O–H groups in total. The number of hydrogen-bond donors (Lipinski definition) is 0. The number of thioether (sulfide) groups is 1. The maximum absolute atomic E-state index is 12.6. The average molecular weight is 499 g/mol. The fourth-order valence-electron chi connectivity index (χ4n) is 3.89. The molecule has 0 saturated carbocycles. The third-order valence-corrected chi connectivity index (χ3v) is 7.75. The minimum atomic E-state index is 0.0941. The van der Waals surface area contributed by atoms with Crippen molar-refractivity contribution < 1.29 is 14.3 Å². The first kappa shape index (κ1) is 23.0. The van der Waals surface area contributed by atoms with Gasteiger partial charge in [-0.1, -0.05) is 30.0 Å². The molecule has 0 spiro atoms. The first-order valence-electron chi connectivity index (χ1n) is 11.1. The van der Waals surface area contributed by atoms with Crippen LogP contribution in [-0.2, 0) is 20.8 Å². The van der Waals surface area contributed by atoms with Gasteiger partial charge in [-0.15, -0.1) is 21.5 Å². The van der Waals surface area contributed by atoms with Gasteiger partial charge in [0, 0.05) is 25.6 Å². The van der Waals surface area contributed by atoms with Crippen molar-refractivity contribution in [2.45, 2.75) is 18.6 Å². The predicted molar refractivity (Wildman–Crippen MR) is 133 cm³/mol. The molecule has 0 atom stereocenters. The van der Waals surface area contributed by atoms with Gasteiger partial charge in [-0.2, -0.15) is 5.10 Å². The number of morpholine rings is 1. The van der Waals surface area contributed by atoms with Crippen LogP contribution in [0.1, 0.15) is 5.69 Å². The Balaban J connectivity index is 1.44. The maximum atomic E-state index is 12.6. The summed E-state index contributed by atoms with van der Waals surface area (Å²) in [6.07, 6.45) is 0. The van der Waals surface area contributed by atoms with Gasteiger partial charge in [0.2, 0.25) is 5.91 Å². The van der Waals surface area contributed by atoms with Gasteiger partial charge in [0.25, 0.3) is 0 Å². The van der Waals surface area contributed by atoms with Crippen molar-refractivity contribution >= 4 is 39.2 Å². The number of methoxy groups -OCH3 is 1. The summed E-state index contributed by atoms with van der Waals surface area (Å²) in [6, 6.07) is 12.2. The number of ether oxygens (including phenoxy) is 2. The Morgan fingerprint density at radius 2 is 2.00 bits per heavy atom. The van der Waals surface area contributed by atoms with Gasteiger partial charge in [0.05, 0.1) is 48.4 Å². The Kier molecular flexibility index (Phi) is 6.95. The van der Waals surface area contributed by atoms with Gasteiger partial charge in [0.15, 0.2) is 11.0 Å². The van der Waals surface area contributed by atoms with Gasteiger partial charge < -0.3 is 14.4 Å². The molecular weight excluding hydrogens is 472 g/mol. The van der Waals surface area contributed by atoms with Crippen molar-refractivity contribution in [2.75, 3.05) is 45.8 Å². The molecule has 0 unspecified atom stereocenters. The third-order valence-electron chi connectivity index (χ3n) is 5.69. The number of rotatable bonds is 8. The van der Waals surface area contributed by atoms with Crippen LogP contribution >= 0.6 is 23.1 Å². The van der Waals surface area contributed by atoms with Crippen LogP contribution < -0.4 is 0 Å². The topological polar surface area (TPSA) is 87.3 Å². The van der Waals surface area contributed by atoms with Gasteiger partial charge in [-0.3, -0.25) is 9.36 Å². The predicted octanol–water partition coefficient (Wildman–Crippen LogP) is 3.25. The van der Waals surface area contributed by atoms with E-state index in [1.165, 1.54) is 11.8 Å². The monoisotopic (exact) mass is 498 g/mol. The number of carbonyl (C=O) groups excluding carboxylic acids is 1. The van der Waals surface area contributed by atoms with Crippen LogP contribution in [0, 0.1) is 6.92 Å². The molecule has 0 aliphatic carbocycles. The summed E-state index contributed by atoms with van der Waals surface area (Å²) in [7, 11) is 1.68. The highest BCUT2D eigenvalue weighted by Gasteiger charge is 2.22. The summed E-state index contributed by atoms with van der Waals surface area (Å²) >= 11 is 3.05. The molecule has 1 aromatic carbocycles. The van der Waals surface area contributed by atoms with Gasteiger partial charge >= 0.3 is 0 Å².